The highest BCUT2D eigenvalue weighted by Crippen LogP contribution is 2.13. The minimum absolute atomic E-state index is 0.602. The van der Waals surface area contributed by atoms with E-state index in [4.69, 9.17) is 16.3 Å². The highest BCUT2D eigenvalue weighted by molar-refractivity contribution is 6.30. The van der Waals surface area contributed by atoms with Crippen LogP contribution in [0, 0.1) is 6.92 Å². The lowest BCUT2D eigenvalue weighted by molar-refractivity contribution is 0.210. The Morgan fingerprint density at radius 2 is 1.90 bits per heavy atom. The summed E-state index contributed by atoms with van der Waals surface area (Å²) in [6.07, 6.45) is 0. The van der Waals surface area contributed by atoms with E-state index in [2.05, 4.69) is 20.6 Å². The van der Waals surface area contributed by atoms with Crippen LogP contribution >= 0.6 is 11.6 Å². The molecular weight excluding hydrogens is 288 g/mol. The van der Waals surface area contributed by atoms with E-state index in [0.29, 0.717) is 25.6 Å². The number of aromatic nitrogens is 2. The molecule has 0 aliphatic heterocycles. The Bertz CT molecular complexity index is 574. The van der Waals surface area contributed by atoms with Crippen molar-refractivity contribution in [2.45, 2.75) is 13.5 Å². The molecular formula is C15H19ClN4O. The maximum absolute atomic E-state index is 5.87. The van der Waals surface area contributed by atoms with Crippen LogP contribution in [0.15, 0.2) is 30.3 Å². The van der Waals surface area contributed by atoms with Crippen molar-refractivity contribution in [3.05, 3.63) is 46.6 Å². The van der Waals surface area contributed by atoms with E-state index in [1.165, 1.54) is 0 Å². The lowest BCUT2D eigenvalue weighted by Crippen LogP contribution is -2.12. The first kappa shape index (κ1) is 15.5. The zero-order valence-corrected chi connectivity index (χ0v) is 12.9. The molecule has 0 unspecified atom stereocenters. The molecule has 1 heterocycles. The van der Waals surface area contributed by atoms with Gasteiger partial charge in [0, 0.05) is 37.0 Å². The van der Waals surface area contributed by atoms with Gasteiger partial charge in [-0.2, -0.15) is 4.98 Å². The zero-order chi connectivity index (χ0) is 15.1. The smallest absolute Gasteiger partial charge is 0.224 e. The number of methoxy groups -OCH3 is 1. The summed E-state index contributed by atoms with van der Waals surface area (Å²) in [5, 5.41) is 7.15. The molecule has 5 nitrogen and oxygen atoms in total. The molecule has 1 aromatic carbocycles. The molecule has 2 rings (SSSR count). The molecule has 112 valence electrons. The standard InChI is InChI=1S/C15H19ClN4O/c1-11-9-14(20-15(19-11)17-7-8-21-2)18-10-12-3-5-13(16)6-4-12/h3-6,9H,7-8,10H2,1-2H3,(H2,17,18,19,20). The van der Waals surface area contributed by atoms with E-state index in [1.54, 1.807) is 7.11 Å². The predicted molar refractivity (Wildman–Crippen MR) is 85.9 cm³/mol. The molecule has 6 heteroatoms. The highest BCUT2D eigenvalue weighted by atomic mass is 35.5. The van der Waals surface area contributed by atoms with Gasteiger partial charge in [-0.05, 0) is 24.6 Å². The Balaban J connectivity index is 1.97. The fourth-order valence-electron chi connectivity index (χ4n) is 1.80. The Morgan fingerprint density at radius 3 is 2.62 bits per heavy atom. The normalized spacial score (nSPS) is 10.4. The van der Waals surface area contributed by atoms with Crippen LogP contribution in [0.1, 0.15) is 11.3 Å². The number of aryl methyl sites for hydroxylation is 1. The molecule has 1 aromatic heterocycles. The van der Waals surface area contributed by atoms with Crippen LogP contribution in [-0.4, -0.2) is 30.2 Å². The summed E-state index contributed by atoms with van der Waals surface area (Å²) in [5.41, 5.74) is 2.05. The fraction of sp³-hybridized carbons (Fsp3) is 0.333. The van der Waals surface area contributed by atoms with Gasteiger partial charge in [-0.1, -0.05) is 23.7 Å². The molecule has 21 heavy (non-hydrogen) atoms. The van der Waals surface area contributed by atoms with E-state index >= 15 is 0 Å². The SMILES string of the molecule is COCCNc1nc(C)cc(NCc2ccc(Cl)cc2)n1. The predicted octanol–water partition coefficient (Wildman–Crippen LogP) is 3.11. The largest absolute Gasteiger partial charge is 0.383 e. The summed E-state index contributed by atoms with van der Waals surface area (Å²) in [4.78, 5) is 8.76. The molecule has 0 saturated heterocycles. The van der Waals surface area contributed by atoms with Crippen LogP contribution in [-0.2, 0) is 11.3 Å². The molecule has 0 aliphatic carbocycles. The van der Waals surface area contributed by atoms with Crippen molar-refractivity contribution in [2.24, 2.45) is 0 Å². The first-order chi connectivity index (χ1) is 10.2. The second-order valence-electron chi connectivity index (χ2n) is 4.62. The number of benzene rings is 1. The molecule has 0 amide bonds. The first-order valence-corrected chi connectivity index (χ1v) is 7.12. The van der Waals surface area contributed by atoms with Crippen molar-refractivity contribution < 1.29 is 4.74 Å². The van der Waals surface area contributed by atoms with Gasteiger partial charge in [-0.25, -0.2) is 4.98 Å². The number of rotatable bonds is 7. The van der Waals surface area contributed by atoms with Crippen molar-refractivity contribution in [3.8, 4) is 0 Å². The van der Waals surface area contributed by atoms with Crippen molar-refractivity contribution in [2.75, 3.05) is 30.9 Å². The quantitative estimate of drug-likeness (QED) is 0.770. The summed E-state index contributed by atoms with van der Waals surface area (Å²) < 4.78 is 4.99. The minimum atomic E-state index is 0.602. The third-order valence-corrected chi connectivity index (χ3v) is 3.08. The molecule has 0 radical (unpaired) electrons. The maximum atomic E-state index is 5.87. The summed E-state index contributed by atoms with van der Waals surface area (Å²) in [6.45, 7) is 3.92. The molecule has 2 aromatic rings. The molecule has 0 saturated carbocycles. The van der Waals surface area contributed by atoms with E-state index in [1.807, 2.05) is 37.3 Å². The molecule has 2 N–H and O–H groups in total. The van der Waals surface area contributed by atoms with E-state index in [0.717, 1.165) is 22.1 Å². The van der Waals surface area contributed by atoms with E-state index < -0.39 is 0 Å². The van der Waals surface area contributed by atoms with E-state index in [-0.39, 0.29) is 0 Å². The van der Waals surface area contributed by atoms with Gasteiger partial charge in [0.25, 0.3) is 0 Å². The molecule has 0 bridgehead atoms. The van der Waals surface area contributed by atoms with Crippen LogP contribution in [0.3, 0.4) is 0 Å². The van der Waals surface area contributed by atoms with Crippen molar-refractivity contribution in [1.82, 2.24) is 9.97 Å². The fourth-order valence-corrected chi connectivity index (χ4v) is 1.92. The van der Waals surface area contributed by atoms with Crippen molar-refractivity contribution >= 4 is 23.4 Å². The van der Waals surface area contributed by atoms with Gasteiger partial charge in [-0.3, -0.25) is 0 Å². The van der Waals surface area contributed by atoms with Crippen LogP contribution in [0.2, 0.25) is 5.02 Å². The third kappa shape index (κ3) is 5.21. The van der Waals surface area contributed by atoms with Crippen LogP contribution < -0.4 is 10.6 Å². The zero-order valence-electron chi connectivity index (χ0n) is 12.2. The summed E-state index contributed by atoms with van der Waals surface area (Å²) >= 11 is 5.87. The first-order valence-electron chi connectivity index (χ1n) is 6.74. The Kier molecular flexibility index (Phi) is 5.78. The van der Waals surface area contributed by atoms with Gasteiger partial charge < -0.3 is 15.4 Å². The van der Waals surface area contributed by atoms with Crippen molar-refractivity contribution in [3.63, 3.8) is 0 Å². The van der Waals surface area contributed by atoms with E-state index in [9.17, 15) is 0 Å². The monoisotopic (exact) mass is 306 g/mol. The number of halogens is 1. The molecule has 0 aliphatic rings. The third-order valence-electron chi connectivity index (χ3n) is 2.83. The Hall–Kier alpha value is -1.85. The van der Waals surface area contributed by atoms with Crippen LogP contribution in [0.25, 0.3) is 0 Å². The number of nitrogens with zero attached hydrogens (tertiary/aromatic N) is 2. The second-order valence-corrected chi connectivity index (χ2v) is 5.05. The molecule has 0 spiro atoms. The lowest BCUT2D eigenvalue weighted by atomic mass is 10.2. The number of hydrogen-bond donors (Lipinski definition) is 2. The lowest BCUT2D eigenvalue weighted by Gasteiger charge is -2.10. The van der Waals surface area contributed by atoms with Gasteiger partial charge in [0.2, 0.25) is 5.95 Å². The van der Waals surface area contributed by atoms with Crippen LogP contribution in [0.4, 0.5) is 11.8 Å². The number of nitrogens with one attached hydrogen (secondary N) is 2. The minimum Gasteiger partial charge on any atom is -0.383 e. The van der Waals surface area contributed by atoms with Crippen molar-refractivity contribution in [1.29, 1.82) is 0 Å². The van der Waals surface area contributed by atoms with Crippen LogP contribution in [0.5, 0.6) is 0 Å². The molecule has 0 fully saturated rings. The second kappa shape index (κ2) is 7.81. The highest BCUT2D eigenvalue weighted by Gasteiger charge is 2.02. The maximum Gasteiger partial charge on any atom is 0.224 e. The summed E-state index contributed by atoms with van der Waals surface area (Å²) in [5.74, 6) is 1.39. The number of hydrogen-bond acceptors (Lipinski definition) is 5. The average Bonchev–Trinajstić information content (AvgIpc) is 2.46. The Morgan fingerprint density at radius 1 is 1.14 bits per heavy atom. The van der Waals surface area contributed by atoms with Gasteiger partial charge in [0.05, 0.1) is 6.61 Å². The van der Waals surface area contributed by atoms with Gasteiger partial charge in [0.1, 0.15) is 5.82 Å². The topological polar surface area (TPSA) is 59.1 Å². The van der Waals surface area contributed by atoms with Gasteiger partial charge >= 0.3 is 0 Å². The summed E-state index contributed by atoms with van der Waals surface area (Å²) in [7, 11) is 1.66. The van der Waals surface area contributed by atoms with Gasteiger partial charge in [0.15, 0.2) is 0 Å². The number of anilines is 2. The summed E-state index contributed by atoms with van der Waals surface area (Å²) in [6, 6.07) is 9.64. The average molecular weight is 307 g/mol. The number of ether oxygens (including phenoxy) is 1. The molecule has 0 atom stereocenters. The van der Waals surface area contributed by atoms with Gasteiger partial charge in [-0.15, -0.1) is 0 Å². The Labute approximate surface area is 129 Å².